The second-order valence-electron chi connectivity index (χ2n) is 2.61. The molecule has 0 unspecified atom stereocenters. The summed E-state index contributed by atoms with van der Waals surface area (Å²) in [6.07, 6.45) is 0. The number of thiophene rings is 1. The van der Waals surface area contributed by atoms with Gasteiger partial charge in [0, 0.05) is 4.47 Å². The zero-order valence-corrected chi connectivity index (χ0v) is 11.2. The Morgan fingerprint density at radius 2 is 1.67 bits per heavy atom. The molecule has 0 amide bonds. The number of nitrogen functional groups attached to an aromatic ring is 2. The fraction of sp³-hybridized carbons (Fsp3) is 0. The van der Waals surface area contributed by atoms with Gasteiger partial charge in [0.2, 0.25) is 11.9 Å². The number of hydrogen-bond donors (Lipinski definition) is 2. The Bertz CT molecular complexity index is 472. The van der Waals surface area contributed by atoms with E-state index in [1.54, 1.807) is 0 Å². The van der Waals surface area contributed by atoms with Crippen LogP contribution in [-0.4, -0.2) is 15.0 Å². The molecule has 8 heteroatoms. The number of halogens is 2. The van der Waals surface area contributed by atoms with E-state index in [1.807, 2.05) is 6.07 Å². The van der Waals surface area contributed by atoms with Gasteiger partial charge in [-0.3, -0.25) is 0 Å². The number of nitrogens with two attached hydrogens (primary N) is 2. The van der Waals surface area contributed by atoms with Gasteiger partial charge in [-0.2, -0.15) is 15.0 Å². The van der Waals surface area contributed by atoms with Gasteiger partial charge in [0.05, 0.1) is 8.66 Å². The monoisotopic (exact) mass is 349 g/mol. The third kappa shape index (κ3) is 2.27. The van der Waals surface area contributed by atoms with Crippen molar-refractivity contribution in [2.75, 3.05) is 11.5 Å². The molecule has 15 heavy (non-hydrogen) atoms. The van der Waals surface area contributed by atoms with Crippen molar-refractivity contribution in [2.45, 2.75) is 0 Å². The maximum atomic E-state index is 5.48. The minimum absolute atomic E-state index is 0.123. The average Bonchev–Trinajstić information content (AvgIpc) is 2.45. The molecule has 78 valence electrons. The molecule has 0 aliphatic heterocycles. The van der Waals surface area contributed by atoms with Gasteiger partial charge in [0.1, 0.15) is 0 Å². The lowest BCUT2D eigenvalue weighted by molar-refractivity contribution is 1.09. The molecule has 0 radical (unpaired) electrons. The molecule has 5 nitrogen and oxygen atoms in total. The average molecular weight is 351 g/mol. The summed E-state index contributed by atoms with van der Waals surface area (Å²) in [6.45, 7) is 0. The Morgan fingerprint density at radius 1 is 1.07 bits per heavy atom. The SMILES string of the molecule is Nc1nc(N)nc(-c2cc(Br)c(Br)s2)n1. The minimum atomic E-state index is 0.123. The van der Waals surface area contributed by atoms with Crippen LogP contribution in [0, 0.1) is 0 Å². The van der Waals surface area contributed by atoms with Gasteiger partial charge in [0.25, 0.3) is 0 Å². The molecule has 2 heterocycles. The maximum Gasteiger partial charge on any atom is 0.225 e. The van der Waals surface area contributed by atoms with E-state index in [9.17, 15) is 0 Å². The van der Waals surface area contributed by atoms with Crippen molar-refractivity contribution >= 4 is 55.1 Å². The predicted molar refractivity (Wildman–Crippen MR) is 67.4 cm³/mol. The van der Waals surface area contributed by atoms with Crippen LogP contribution in [0.5, 0.6) is 0 Å². The topological polar surface area (TPSA) is 90.7 Å². The molecule has 4 N–H and O–H groups in total. The van der Waals surface area contributed by atoms with E-state index in [4.69, 9.17) is 11.5 Å². The first-order valence-electron chi connectivity index (χ1n) is 3.78. The number of hydrogen-bond acceptors (Lipinski definition) is 6. The largest absolute Gasteiger partial charge is 0.368 e. The summed E-state index contributed by atoms with van der Waals surface area (Å²) in [5, 5.41) is 0. The Labute approximate surface area is 106 Å². The van der Waals surface area contributed by atoms with E-state index >= 15 is 0 Å². The minimum Gasteiger partial charge on any atom is -0.368 e. The molecule has 0 aromatic carbocycles. The van der Waals surface area contributed by atoms with Crippen LogP contribution in [0.2, 0.25) is 0 Å². The van der Waals surface area contributed by atoms with Crippen molar-refractivity contribution < 1.29 is 0 Å². The Balaban J connectivity index is 2.53. The van der Waals surface area contributed by atoms with E-state index in [-0.39, 0.29) is 11.9 Å². The van der Waals surface area contributed by atoms with E-state index < -0.39 is 0 Å². The highest BCUT2D eigenvalue weighted by atomic mass is 79.9. The first kappa shape index (κ1) is 10.8. The van der Waals surface area contributed by atoms with Crippen molar-refractivity contribution in [3.8, 4) is 10.7 Å². The summed E-state index contributed by atoms with van der Waals surface area (Å²) in [7, 11) is 0. The standard InChI is InChI=1S/C7H5Br2N5S/c8-2-1-3(15-4(2)9)5-12-6(10)14-7(11)13-5/h1H,(H4,10,11,12,13,14). The van der Waals surface area contributed by atoms with E-state index in [2.05, 4.69) is 46.8 Å². The van der Waals surface area contributed by atoms with Crippen LogP contribution in [0.1, 0.15) is 0 Å². The van der Waals surface area contributed by atoms with Gasteiger partial charge in [-0.25, -0.2) is 0 Å². The van der Waals surface area contributed by atoms with Crippen LogP contribution < -0.4 is 11.5 Å². The Hall–Kier alpha value is -0.730. The molecule has 0 aliphatic rings. The highest BCUT2D eigenvalue weighted by Crippen LogP contribution is 2.36. The number of nitrogens with zero attached hydrogens (tertiary/aromatic N) is 3. The zero-order chi connectivity index (χ0) is 11.0. The fourth-order valence-corrected chi connectivity index (χ4v) is 2.95. The van der Waals surface area contributed by atoms with Gasteiger partial charge in [-0.1, -0.05) is 0 Å². The number of aromatic nitrogens is 3. The van der Waals surface area contributed by atoms with E-state index in [0.717, 1.165) is 13.1 Å². The van der Waals surface area contributed by atoms with Crippen LogP contribution in [0.15, 0.2) is 14.3 Å². The lowest BCUT2D eigenvalue weighted by Gasteiger charge is -1.98. The molecule has 2 aromatic heterocycles. The first-order valence-corrected chi connectivity index (χ1v) is 6.19. The third-order valence-corrected chi connectivity index (χ3v) is 4.79. The quantitative estimate of drug-likeness (QED) is 0.823. The summed E-state index contributed by atoms with van der Waals surface area (Å²) >= 11 is 8.26. The lowest BCUT2D eigenvalue weighted by atomic mass is 10.4. The summed E-state index contributed by atoms with van der Waals surface area (Å²) in [5.41, 5.74) is 11.0. The van der Waals surface area contributed by atoms with Gasteiger partial charge >= 0.3 is 0 Å². The van der Waals surface area contributed by atoms with Crippen LogP contribution >= 0.6 is 43.2 Å². The van der Waals surface area contributed by atoms with Crippen molar-refractivity contribution in [1.29, 1.82) is 0 Å². The maximum absolute atomic E-state index is 5.48. The number of rotatable bonds is 1. The molecule has 0 aliphatic carbocycles. The molecular weight excluding hydrogens is 346 g/mol. The molecule has 0 bridgehead atoms. The third-order valence-electron chi connectivity index (χ3n) is 1.54. The van der Waals surface area contributed by atoms with Crippen LogP contribution in [0.4, 0.5) is 11.9 Å². The summed E-state index contributed by atoms with van der Waals surface area (Å²) in [5.74, 6) is 0.729. The molecule has 2 aromatic rings. The van der Waals surface area contributed by atoms with Gasteiger partial charge in [-0.15, -0.1) is 11.3 Å². The lowest BCUT2D eigenvalue weighted by Crippen LogP contribution is -2.03. The summed E-state index contributed by atoms with van der Waals surface area (Å²) in [6, 6.07) is 1.89. The van der Waals surface area contributed by atoms with E-state index in [1.165, 1.54) is 11.3 Å². The van der Waals surface area contributed by atoms with Crippen molar-refractivity contribution in [2.24, 2.45) is 0 Å². The predicted octanol–water partition coefficient (Wildman–Crippen LogP) is 2.29. The molecule has 2 rings (SSSR count). The van der Waals surface area contributed by atoms with Gasteiger partial charge in [0.15, 0.2) is 5.82 Å². The molecule has 0 saturated carbocycles. The highest BCUT2D eigenvalue weighted by Gasteiger charge is 2.10. The van der Waals surface area contributed by atoms with Crippen LogP contribution in [0.3, 0.4) is 0 Å². The highest BCUT2D eigenvalue weighted by molar-refractivity contribution is 9.13. The van der Waals surface area contributed by atoms with E-state index in [0.29, 0.717) is 5.82 Å². The Kier molecular flexibility index (Phi) is 2.89. The second kappa shape index (κ2) is 4.03. The smallest absolute Gasteiger partial charge is 0.225 e. The fourth-order valence-electron chi connectivity index (χ4n) is 0.976. The van der Waals surface area contributed by atoms with Crippen molar-refractivity contribution in [3.63, 3.8) is 0 Å². The molecular formula is C7H5Br2N5S. The van der Waals surface area contributed by atoms with Gasteiger partial charge in [-0.05, 0) is 37.9 Å². The van der Waals surface area contributed by atoms with Gasteiger partial charge < -0.3 is 11.5 Å². The van der Waals surface area contributed by atoms with Crippen molar-refractivity contribution in [3.05, 3.63) is 14.3 Å². The second-order valence-corrected chi connectivity index (χ2v) is 5.83. The molecule has 0 saturated heterocycles. The Morgan fingerprint density at radius 3 is 2.13 bits per heavy atom. The molecule has 0 spiro atoms. The molecule has 0 fully saturated rings. The number of anilines is 2. The normalized spacial score (nSPS) is 10.5. The zero-order valence-electron chi connectivity index (χ0n) is 7.24. The van der Waals surface area contributed by atoms with Crippen molar-refractivity contribution in [1.82, 2.24) is 15.0 Å². The first-order chi connectivity index (χ1) is 7.06. The van der Waals surface area contributed by atoms with Crippen LogP contribution in [-0.2, 0) is 0 Å². The summed E-state index contributed by atoms with van der Waals surface area (Å²) < 4.78 is 1.91. The summed E-state index contributed by atoms with van der Waals surface area (Å²) in [4.78, 5) is 12.6. The molecule has 0 atom stereocenters. The van der Waals surface area contributed by atoms with Crippen LogP contribution in [0.25, 0.3) is 10.7 Å².